The van der Waals surface area contributed by atoms with E-state index in [1.165, 1.54) is 64.3 Å². The predicted molar refractivity (Wildman–Crippen MR) is 151 cm³/mol. The Bertz CT molecular complexity index is 1320. The number of hydrogen-bond acceptors (Lipinski definition) is 8. The van der Waals surface area contributed by atoms with Crippen LogP contribution in [0.25, 0.3) is 0 Å². The van der Waals surface area contributed by atoms with Crippen molar-refractivity contribution < 1.29 is 23.0 Å². The molecular formula is C30H37F2N5O3. The lowest BCUT2D eigenvalue weighted by Gasteiger charge is -2.47. The molecule has 0 saturated carbocycles. The van der Waals surface area contributed by atoms with E-state index in [0.717, 1.165) is 30.2 Å². The van der Waals surface area contributed by atoms with Crippen molar-refractivity contribution in [2.45, 2.75) is 39.2 Å². The summed E-state index contributed by atoms with van der Waals surface area (Å²) in [5.41, 5.74) is 2.43. The number of piperidine rings is 2. The Balaban J connectivity index is 1.20. The second-order valence-electron chi connectivity index (χ2n) is 10.8. The third-order valence-electron chi connectivity index (χ3n) is 8.32. The Morgan fingerprint density at radius 1 is 0.900 bits per heavy atom. The maximum atomic E-state index is 14.5. The van der Waals surface area contributed by atoms with Gasteiger partial charge in [-0.3, -0.25) is 0 Å². The largest absolute Gasteiger partial charge is 0.495 e. The summed E-state index contributed by atoms with van der Waals surface area (Å²) < 4.78 is 45.3. The molecule has 0 amide bonds. The van der Waals surface area contributed by atoms with Gasteiger partial charge in [0.05, 0.1) is 37.9 Å². The summed E-state index contributed by atoms with van der Waals surface area (Å²) >= 11 is 0. The third kappa shape index (κ3) is 5.91. The van der Waals surface area contributed by atoms with Crippen LogP contribution in [-0.4, -0.2) is 62.3 Å². The van der Waals surface area contributed by atoms with E-state index in [0.29, 0.717) is 11.4 Å². The highest BCUT2D eigenvalue weighted by Crippen LogP contribution is 2.43. The summed E-state index contributed by atoms with van der Waals surface area (Å²) in [4.78, 5) is 13.4. The molecule has 2 aliphatic rings. The predicted octanol–water partition coefficient (Wildman–Crippen LogP) is 5.72. The van der Waals surface area contributed by atoms with E-state index in [1.54, 1.807) is 14.0 Å². The molecule has 40 heavy (non-hydrogen) atoms. The summed E-state index contributed by atoms with van der Waals surface area (Å²) in [5, 5.41) is 3.18. The number of nitrogens with one attached hydrogen (secondary N) is 1. The van der Waals surface area contributed by atoms with Crippen molar-refractivity contribution in [2.24, 2.45) is 5.41 Å². The smallest absolute Gasteiger partial charge is 0.227 e. The third-order valence-corrected chi connectivity index (χ3v) is 8.32. The Morgan fingerprint density at radius 3 is 2.20 bits per heavy atom. The maximum Gasteiger partial charge on any atom is 0.227 e. The number of ether oxygens (including phenoxy) is 3. The Morgan fingerprint density at radius 2 is 1.55 bits per heavy atom. The average Bonchev–Trinajstić information content (AvgIpc) is 2.98. The second kappa shape index (κ2) is 11.8. The van der Waals surface area contributed by atoms with Crippen molar-refractivity contribution >= 4 is 17.3 Å². The van der Waals surface area contributed by atoms with Crippen LogP contribution >= 0.6 is 0 Å². The summed E-state index contributed by atoms with van der Waals surface area (Å²) in [5.74, 6) is -0.0453. The Hall–Kier alpha value is -3.66. The molecule has 214 valence electrons. The zero-order chi connectivity index (χ0) is 28.3. The van der Waals surface area contributed by atoms with Gasteiger partial charge in [0, 0.05) is 24.8 Å². The number of halogens is 2. The normalized spacial score (nSPS) is 17.1. The molecule has 8 nitrogen and oxygen atoms in total. The number of aromatic nitrogens is 2. The van der Waals surface area contributed by atoms with Crippen LogP contribution in [0.5, 0.6) is 17.2 Å². The highest BCUT2D eigenvalue weighted by Gasteiger charge is 2.37. The van der Waals surface area contributed by atoms with Crippen molar-refractivity contribution in [1.82, 2.24) is 14.9 Å². The van der Waals surface area contributed by atoms with Crippen molar-refractivity contribution in [3.05, 3.63) is 59.4 Å². The van der Waals surface area contributed by atoms with E-state index in [2.05, 4.69) is 38.2 Å². The molecule has 0 radical (unpaired) electrons. The highest BCUT2D eigenvalue weighted by atomic mass is 19.1. The van der Waals surface area contributed by atoms with E-state index in [4.69, 9.17) is 14.2 Å². The van der Waals surface area contributed by atoms with Crippen molar-refractivity contribution in [3.63, 3.8) is 0 Å². The minimum atomic E-state index is -0.784. The monoisotopic (exact) mass is 553 g/mol. The van der Waals surface area contributed by atoms with Crippen molar-refractivity contribution in [3.8, 4) is 17.2 Å². The first-order valence-electron chi connectivity index (χ1n) is 13.7. The fraction of sp³-hybridized carbons (Fsp3) is 0.467. The van der Waals surface area contributed by atoms with Crippen LogP contribution in [0.3, 0.4) is 0 Å². The number of rotatable bonds is 8. The molecule has 0 atom stereocenters. The lowest BCUT2D eigenvalue weighted by atomic mass is 9.71. The molecular weight excluding hydrogens is 516 g/mol. The van der Waals surface area contributed by atoms with Gasteiger partial charge in [-0.1, -0.05) is 0 Å². The van der Waals surface area contributed by atoms with E-state index in [1.807, 2.05) is 12.1 Å². The number of aryl methyl sites for hydroxylation is 1. The van der Waals surface area contributed by atoms with Crippen LogP contribution in [0, 0.1) is 24.0 Å². The molecule has 1 spiro atoms. The van der Waals surface area contributed by atoms with Gasteiger partial charge >= 0.3 is 0 Å². The van der Waals surface area contributed by atoms with Gasteiger partial charge < -0.3 is 29.3 Å². The Labute approximate surface area is 234 Å². The summed E-state index contributed by atoms with van der Waals surface area (Å²) in [7, 11) is 5.23. The van der Waals surface area contributed by atoms with Crippen molar-refractivity contribution in [2.75, 3.05) is 57.7 Å². The molecule has 2 saturated heterocycles. The second-order valence-corrected chi connectivity index (χ2v) is 10.8. The Kier molecular flexibility index (Phi) is 8.25. The quantitative estimate of drug-likeness (QED) is 0.380. The van der Waals surface area contributed by atoms with E-state index in [9.17, 15) is 8.78 Å². The SMILES string of the molecule is COc1cc(Nc2ncc(OCc3c(F)c(C)cc(OC)c3F)cn2)ccc1N1CCC2(CCN(C)CC2)CC1. The van der Waals surface area contributed by atoms with Gasteiger partial charge in [-0.2, -0.15) is 0 Å². The van der Waals surface area contributed by atoms with Gasteiger partial charge in [-0.25, -0.2) is 18.7 Å². The van der Waals surface area contributed by atoms with Crippen LogP contribution in [0.1, 0.15) is 36.8 Å². The minimum absolute atomic E-state index is 0.0313. The molecule has 2 aliphatic heterocycles. The van der Waals surface area contributed by atoms with E-state index < -0.39 is 11.6 Å². The average molecular weight is 554 g/mol. The van der Waals surface area contributed by atoms with E-state index >= 15 is 0 Å². The van der Waals surface area contributed by atoms with Gasteiger partial charge in [0.2, 0.25) is 5.95 Å². The molecule has 10 heteroatoms. The maximum absolute atomic E-state index is 14.5. The van der Waals surface area contributed by atoms with Crippen molar-refractivity contribution in [1.29, 1.82) is 0 Å². The summed E-state index contributed by atoms with van der Waals surface area (Å²) in [6.45, 7) is 5.67. The molecule has 1 aromatic heterocycles. The van der Waals surface area contributed by atoms with Gasteiger partial charge in [0.1, 0.15) is 18.2 Å². The molecule has 3 heterocycles. The first-order valence-corrected chi connectivity index (χ1v) is 13.7. The van der Waals surface area contributed by atoms with Crippen LogP contribution < -0.4 is 24.4 Å². The molecule has 0 aliphatic carbocycles. The van der Waals surface area contributed by atoms with Crippen LogP contribution in [0.2, 0.25) is 0 Å². The lowest BCUT2D eigenvalue weighted by Crippen LogP contribution is -2.46. The minimum Gasteiger partial charge on any atom is -0.495 e. The molecule has 2 fully saturated rings. The zero-order valence-electron chi connectivity index (χ0n) is 23.6. The van der Waals surface area contributed by atoms with Crippen LogP contribution in [-0.2, 0) is 6.61 Å². The summed E-state index contributed by atoms with van der Waals surface area (Å²) in [6, 6.07) is 7.32. The van der Waals surface area contributed by atoms with Gasteiger partial charge in [0.15, 0.2) is 17.3 Å². The fourth-order valence-corrected chi connectivity index (χ4v) is 5.65. The molecule has 0 bridgehead atoms. The number of hydrogen-bond donors (Lipinski definition) is 1. The number of anilines is 3. The summed E-state index contributed by atoms with van der Waals surface area (Å²) in [6.07, 6.45) is 7.91. The van der Waals surface area contributed by atoms with Gasteiger partial charge in [0.25, 0.3) is 0 Å². The highest BCUT2D eigenvalue weighted by molar-refractivity contribution is 5.67. The van der Waals surface area contributed by atoms with Crippen LogP contribution in [0.15, 0.2) is 36.7 Å². The number of nitrogens with zero attached hydrogens (tertiary/aromatic N) is 4. The van der Waals surface area contributed by atoms with Gasteiger partial charge in [-0.05, 0) is 81.9 Å². The van der Waals surface area contributed by atoms with Crippen LogP contribution in [0.4, 0.5) is 26.1 Å². The molecule has 3 aromatic rings. The first-order chi connectivity index (χ1) is 19.3. The van der Waals surface area contributed by atoms with E-state index in [-0.39, 0.29) is 29.2 Å². The molecule has 1 N–H and O–H groups in total. The molecule has 2 aromatic carbocycles. The topological polar surface area (TPSA) is 72.0 Å². The zero-order valence-corrected chi connectivity index (χ0v) is 23.6. The molecule has 0 unspecified atom stereocenters. The van der Waals surface area contributed by atoms with Gasteiger partial charge in [-0.15, -0.1) is 0 Å². The number of methoxy groups -OCH3 is 2. The number of likely N-dealkylation sites (tertiary alicyclic amines) is 1. The molecule has 5 rings (SSSR count). The standard InChI is InChI=1S/C30H37F2N5O3/c1-20-15-26(39-4)28(32)23(27(20)31)19-40-22-17-33-29(34-18-22)35-21-5-6-24(25(16-21)38-3)37-13-9-30(10-14-37)7-11-36(2)12-8-30/h5-6,15-18H,7-14,19H2,1-4H3,(H,33,34,35). The fourth-order valence-electron chi connectivity index (χ4n) is 5.65. The lowest BCUT2D eigenvalue weighted by molar-refractivity contribution is 0.0944. The number of benzene rings is 2. The first kappa shape index (κ1) is 27.9.